The van der Waals surface area contributed by atoms with Crippen LogP contribution in [0.5, 0.6) is 0 Å². The lowest BCUT2D eigenvalue weighted by Gasteiger charge is -2.20. The van der Waals surface area contributed by atoms with Gasteiger partial charge in [0.05, 0.1) is 4.92 Å². The fraction of sp³-hybridized carbons (Fsp3) is 0.308. The average molecular weight is 262 g/mol. The summed E-state index contributed by atoms with van der Waals surface area (Å²) in [6.45, 7) is 0. The molecule has 1 aromatic rings. The van der Waals surface area contributed by atoms with Gasteiger partial charge in [-0.15, -0.1) is 0 Å². The van der Waals surface area contributed by atoms with Crippen LogP contribution in [-0.4, -0.2) is 22.0 Å². The number of benzene rings is 1. The largest absolute Gasteiger partial charge is 0.477 e. The summed E-state index contributed by atoms with van der Waals surface area (Å²) in [4.78, 5) is 21.1. The Balaban J connectivity index is 2.22. The number of nitrogens with one attached hydrogen (secondary N) is 1. The highest BCUT2D eigenvalue weighted by Gasteiger charge is 2.20. The van der Waals surface area contributed by atoms with E-state index in [1.807, 2.05) is 0 Å². The van der Waals surface area contributed by atoms with Crippen molar-refractivity contribution >= 4 is 17.3 Å². The lowest BCUT2D eigenvalue weighted by Crippen LogP contribution is -2.20. The summed E-state index contributed by atoms with van der Waals surface area (Å²) in [5, 5.41) is 23.0. The topological polar surface area (TPSA) is 92.5 Å². The van der Waals surface area contributed by atoms with Crippen LogP contribution in [0.25, 0.3) is 0 Å². The Morgan fingerprint density at radius 3 is 2.79 bits per heavy atom. The number of hydrogen-bond acceptors (Lipinski definition) is 4. The summed E-state index contributed by atoms with van der Waals surface area (Å²) in [6.07, 6.45) is 6.99. The molecule has 100 valence electrons. The molecule has 1 aliphatic carbocycles. The van der Waals surface area contributed by atoms with Gasteiger partial charge in [0.15, 0.2) is 0 Å². The van der Waals surface area contributed by atoms with Crippen molar-refractivity contribution in [1.82, 2.24) is 0 Å². The molecule has 0 fully saturated rings. The molecule has 0 saturated carbocycles. The van der Waals surface area contributed by atoms with E-state index < -0.39 is 10.9 Å². The first kappa shape index (κ1) is 13.1. The Morgan fingerprint density at radius 1 is 1.42 bits per heavy atom. The van der Waals surface area contributed by atoms with Gasteiger partial charge in [0.1, 0.15) is 5.56 Å². The van der Waals surface area contributed by atoms with Gasteiger partial charge in [0.2, 0.25) is 0 Å². The predicted molar refractivity (Wildman–Crippen MR) is 70.5 cm³/mol. The van der Waals surface area contributed by atoms with Crippen LogP contribution >= 0.6 is 0 Å². The number of carboxylic acid groups (broad SMARTS) is 1. The second-order valence-electron chi connectivity index (χ2n) is 4.42. The van der Waals surface area contributed by atoms with Gasteiger partial charge < -0.3 is 10.4 Å². The van der Waals surface area contributed by atoms with Crippen LogP contribution in [0.4, 0.5) is 11.4 Å². The lowest BCUT2D eigenvalue weighted by atomic mass is 10.0. The van der Waals surface area contributed by atoms with E-state index in [0.717, 1.165) is 19.3 Å². The summed E-state index contributed by atoms with van der Waals surface area (Å²) in [6, 6.07) is 4.35. The van der Waals surface area contributed by atoms with Crippen LogP contribution in [0.1, 0.15) is 29.6 Å². The van der Waals surface area contributed by atoms with E-state index in [0.29, 0.717) is 5.69 Å². The Morgan fingerprint density at radius 2 is 2.21 bits per heavy atom. The van der Waals surface area contributed by atoms with Crippen LogP contribution < -0.4 is 5.32 Å². The number of carbonyl (C=O) groups is 1. The summed E-state index contributed by atoms with van der Waals surface area (Å²) in [5.41, 5.74) is -0.0973. The van der Waals surface area contributed by atoms with Crippen molar-refractivity contribution in [3.63, 3.8) is 0 Å². The van der Waals surface area contributed by atoms with Crippen molar-refractivity contribution in [3.05, 3.63) is 46.0 Å². The van der Waals surface area contributed by atoms with Gasteiger partial charge in [-0.1, -0.05) is 12.2 Å². The Kier molecular flexibility index (Phi) is 3.79. The van der Waals surface area contributed by atoms with Gasteiger partial charge in [0.25, 0.3) is 5.69 Å². The fourth-order valence-electron chi connectivity index (χ4n) is 2.11. The van der Waals surface area contributed by atoms with Gasteiger partial charge in [-0.05, 0) is 31.4 Å². The SMILES string of the molecule is O=C(O)c1ccc(NC2CC=CCC2)cc1[N+](=O)[O-]. The lowest BCUT2D eigenvalue weighted by molar-refractivity contribution is -0.385. The van der Waals surface area contributed by atoms with Crippen molar-refractivity contribution in [2.45, 2.75) is 25.3 Å². The first-order valence-corrected chi connectivity index (χ1v) is 6.01. The summed E-state index contributed by atoms with van der Waals surface area (Å²) < 4.78 is 0. The van der Waals surface area contributed by atoms with E-state index in [2.05, 4.69) is 17.5 Å². The molecule has 0 bridgehead atoms. The zero-order chi connectivity index (χ0) is 13.8. The number of hydrogen-bond donors (Lipinski definition) is 2. The highest BCUT2D eigenvalue weighted by molar-refractivity contribution is 5.93. The Labute approximate surface area is 109 Å². The van der Waals surface area contributed by atoms with Gasteiger partial charge in [0, 0.05) is 17.8 Å². The third-order valence-electron chi connectivity index (χ3n) is 3.06. The number of nitro groups is 1. The molecule has 0 heterocycles. The average Bonchev–Trinajstić information content (AvgIpc) is 2.39. The first-order chi connectivity index (χ1) is 9.08. The standard InChI is InChI=1S/C13H14N2O4/c16-13(17)11-7-6-10(8-12(11)15(18)19)14-9-4-2-1-3-5-9/h1-2,6-9,14H,3-5H2,(H,16,17). The van der Waals surface area contributed by atoms with E-state index in [1.165, 1.54) is 12.1 Å². The minimum Gasteiger partial charge on any atom is -0.477 e. The molecule has 2 N–H and O–H groups in total. The van der Waals surface area contributed by atoms with E-state index in [4.69, 9.17) is 5.11 Å². The summed E-state index contributed by atoms with van der Waals surface area (Å²) in [7, 11) is 0. The molecule has 2 rings (SSSR count). The van der Waals surface area contributed by atoms with Crippen molar-refractivity contribution < 1.29 is 14.8 Å². The second kappa shape index (κ2) is 5.51. The third-order valence-corrected chi connectivity index (χ3v) is 3.06. The minimum atomic E-state index is -1.29. The molecule has 1 unspecified atom stereocenters. The van der Waals surface area contributed by atoms with Crippen molar-refractivity contribution in [2.24, 2.45) is 0 Å². The molecule has 0 radical (unpaired) electrons. The van der Waals surface area contributed by atoms with Gasteiger partial charge >= 0.3 is 5.97 Å². The van der Waals surface area contributed by atoms with Crippen LogP contribution in [0, 0.1) is 10.1 Å². The van der Waals surface area contributed by atoms with Crippen molar-refractivity contribution in [1.29, 1.82) is 0 Å². The molecular formula is C13H14N2O4. The van der Waals surface area contributed by atoms with E-state index in [9.17, 15) is 14.9 Å². The number of allylic oxidation sites excluding steroid dienone is 1. The highest BCUT2D eigenvalue weighted by atomic mass is 16.6. The number of nitrogens with zero attached hydrogens (tertiary/aromatic N) is 1. The Hall–Kier alpha value is -2.37. The number of aromatic carboxylic acids is 1. The second-order valence-corrected chi connectivity index (χ2v) is 4.42. The first-order valence-electron chi connectivity index (χ1n) is 6.01. The van der Waals surface area contributed by atoms with Gasteiger partial charge in [-0.3, -0.25) is 10.1 Å². The molecule has 0 spiro atoms. The van der Waals surface area contributed by atoms with Crippen molar-refractivity contribution in [2.75, 3.05) is 5.32 Å². The minimum absolute atomic E-state index is 0.236. The summed E-state index contributed by atoms with van der Waals surface area (Å²) in [5.74, 6) is -1.29. The molecule has 1 atom stereocenters. The zero-order valence-electron chi connectivity index (χ0n) is 10.2. The molecule has 0 amide bonds. The van der Waals surface area contributed by atoms with Crippen LogP contribution in [0.15, 0.2) is 30.4 Å². The smallest absolute Gasteiger partial charge is 0.342 e. The van der Waals surface area contributed by atoms with Crippen LogP contribution in [0.3, 0.4) is 0 Å². The molecule has 1 aromatic carbocycles. The molecule has 1 aliphatic rings. The molecule has 0 aromatic heterocycles. The molecule has 6 heteroatoms. The number of carboxylic acids is 1. The van der Waals surface area contributed by atoms with E-state index in [-0.39, 0.29) is 17.3 Å². The normalized spacial score (nSPS) is 18.0. The van der Waals surface area contributed by atoms with Gasteiger partial charge in [-0.25, -0.2) is 4.79 Å². The number of nitro benzene ring substituents is 1. The maximum atomic E-state index is 10.9. The molecule has 19 heavy (non-hydrogen) atoms. The van der Waals surface area contributed by atoms with Crippen LogP contribution in [0.2, 0.25) is 0 Å². The fourth-order valence-corrected chi connectivity index (χ4v) is 2.11. The van der Waals surface area contributed by atoms with E-state index >= 15 is 0 Å². The van der Waals surface area contributed by atoms with Crippen LogP contribution in [-0.2, 0) is 0 Å². The number of anilines is 1. The van der Waals surface area contributed by atoms with Crippen molar-refractivity contribution in [3.8, 4) is 0 Å². The predicted octanol–water partition coefficient (Wildman–Crippen LogP) is 2.81. The third kappa shape index (κ3) is 3.09. The maximum absolute atomic E-state index is 10.9. The summed E-state index contributed by atoms with van der Waals surface area (Å²) >= 11 is 0. The molecule has 6 nitrogen and oxygen atoms in total. The maximum Gasteiger partial charge on any atom is 0.342 e. The highest BCUT2D eigenvalue weighted by Crippen LogP contribution is 2.25. The molecular weight excluding hydrogens is 248 g/mol. The molecule has 0 saturated heterocycles. The molecule has 0 aliphatic heterocycles. The zero-order valence-corrected chi connectivity index (χ0v) is 10.2. The van der Waals surface area contributed by atoms with E-state index in [1.54, 1.807) is 6.07 Å². The number of rotatable bonds is 4. The van der Waals surface area contributed by atoms with Gasteiger partial charge in [-0.2, -0.15) is 0 Å². The monoisotopic (exact) mass is 262 g/mol. The Bertz CT molecular complexity index is 539. The quantitative estimate of drug-likeness (QED) is 0.494.